The molecule has 2 heterocycles. The van der Waals surface area contributed by atoms with Crippen LogP contribution < -0.4 is 5.32 Å². The van der Waals surface area contributed by atoms with Crippen molar-refractivity contribution < 1.29 is 13.9 Å². The lowest BCUT2D eigenvalue weighted by Gasteiger charge is -1.99. The van der Waals surface area contributed by atoms with Crippen molar-refractivity contribution in [2.75, 3.05) is 13.7 Å². The van der Waals surface area contributed by atoms with Gasteiger partial charge in [0.05, 0.1) is 24.2 Å². The summed E-state index contributed by atoms with van der Waals surface area (Å²) in [5.74, 6) is 0.335. The Morgan fingerprint density at radius 1 is 1.61 bits per heavy atom. The zero-order valence-corrected chi connectivity index (χ0v) is 10.8. The van der Waals surface area contributed by atoms with Crippen molar-refractivity contribution in [2.45, 2.75) is 13.0 Å². The van der Waals surface area contributed by atoms with E-state index in [0.29, 0.717) is 12.1 Å². The summed E-state index contributed by atoms with van der Waals surface area (Å²) >= 11 is 1.64. The Morgan fingerprint density at radius 3 is 3.22 bits per heavy atom. The van der Waals surface area contributed by atoms with Crippen LogP contribution in [0.5, 0.6) is 0 Å². The van der Waals surface area contributed by atoms with Gasteiger partial charge in [0.25, 0.3) is 0 Å². The summed E-state index contributed by atoms with van der Waals surface area (Å²) in [5.41, 5.74) is 0.439. The number of nitrogens with one attached hydrogen (secondary N) is 1. The summed E-state index contributed by atoms with van der Waals surface area (Å²) in [7, 11) is 1.35. The second-order valence-electron chi connectivity index (χ2n) is 3.65. The van der Waals surface area contributed by atoms with Crippen LogP contribution in [0.2, 0.25) is 0 Å². The molecule has 6 heteroatoms. The van der Waals surface area contributed by atoms with Gasteiger partial charge in [0.2, 0.25) is 0 Å². The van der Waals surface area contributed by atoms with E-state index in [1.165, 1.54) is 13.4 Å². The van der Waals surface area contributed by atoms with E-state index < -0.39 is 0 Å². The van der Waals surface area contributed by atoms with Crippen LogP contribution in [0.15, 0.2) is 28.3 Å². The van der Waals surface area contributed by atoms with Gasteiger partial charge in [-0.05, 0) is 6.07 Å². The number of methoxy groups -OCH3 is 1. The second-order valence-corrected chi connectivity index (χ2v) is 4.63. The first kappa shape index (κ1) is 12.8. The predicted molar refractivity (Wildman–Crippen MR) is 67.6 cm³/mol. The van der Waals surface area contributed by atoms with Gasteiger partial charge in [0.1, 0.15) is 12.0 Å². The Hall–Kier alpha value is -1.66. The molecule has 0 saturated heterocycles. The van der Waals surface area contributed by atoms with Crippen LogP contribution >= 0.6 is 11.3 Å². The van der Waals surface area contributed by atoms with E-state index in [9.17, 15) is 4.79 Å². The van der Waals surface area contributed by atoms with E-state index in [2.05, 4.69) is 15.0 Å². The summed E-state index contributed by atoms with van der Waals surface area (Å²) in [5, 5.41) is 6.30. The fourth-order valence-corrected chi connectivity index (χ4v) is 2.10. The van der Waals surface area contributed by atoms with E-state index in [1.807, 2.05) is 5.38 Å². The van der Waals surface area contributed by atoms with Gasteiger partial charge in [-0.25, -0.2) is 9.78 Å². The number of nitrogens with zero attached hydrogens (tertiary/aromatic N) is 1. The Balaban J connectivity index is 1.73. The van der Waals surface area contributed by atoms with Gasteiger partial charge in [-0.2, -0.15) is 0 Å². The molecule has 0 fully saturated rings. The molecule has 0 aliphatic rings. The predicted octanol–water partition coefficient (Wildman–Crippen LogP) is 1.85. The summed E-state index contributed by atoms with van der Waals surface area (Å²) in [6, 6.07) is 1.68. The van der Waals surface area contributed by atoms with Crippen molar-refractivity contribution in [1.29, 1.82) is 0 Å². The van der Waals surface area contributed by atoms with Crippen molar-refractivity contribution in [1.82, 2.24) is 10.3 Å². The van der Waals surface area contributed by atoms with Crippen molar-refractivity contribution in [2.24, 2.45) is 0 Å². The van der Waals surface area contributed by atoms with Gasteiger partial charge in [0, 0.05) is 24.5 Å². The highest BCUT2D eigenvalue weighted by molar-refractivity contribution is 7.09. The molecule has 0 bridgehead atoms. The largest absolute Gasteiger partial charge is 0.467 e. The molecular formula is C12H14N2O3S. The highest BCUT2D eigenvalue weighted by atomic mass is 32.1. The molecule has 0 aliphatic heterocycles. The molecule has 0 atom stereocenters. The average Bonchev–Trinajstić information content (AvgIpc) is 3.05. The molecule has 0 saturated carbocycles. The summed E-state index contributed by atoms with van der Waals surface area (Å²) in [4.78, 5) is 15.4. The summed E-state index contributed by atoms with van der Waals surface area (Å²) in [6.45, 7) is 1.41. The molecule has 18 heavy (non-hydrogen) atoms. The Morgan fingerprint density at radius 2 is 2.50 bits per heavy atom. The lowest BCUT2D eigenvalue weighted by molar-refractivity contribution is 0.0600. The van der Waals surface area contributed by atoms with Crippen molar-refractivity contribution in [3.63, 3.8) is 0 Å². The van der Waals surface area contributed by atoms with E-state index in [4.69, 9.17) is 4.42 Å². The minimum Gasteiger partial charge on any atom is -0.467 e. The SMILES string of the molecule is COC(=O)c1coc(CNCCc2nccs2)c1. The number of thiazole rings is 1. The number of carbonyl (C=O) groups is 1. The lowest BCUT2D eigenvalue weighted by atomic mass is 10.3. The van der Waals surface area contributed by atoms with Gasteiger partial charge < -0.3 is 14.5 Å². The third-order valence-electron chi connectivity index (χ3n) is 2.37. The zero-order chi connectivity index (χ0) is 12.8. The molecule has 0 amide bonds. The van der Waals surface area contributed by atoms with E-state index in [1.54, 1.807) is 23.6 Å². The van der Waals surface area contributed by atoms with Gasteiger partial charge in [-0.1, -0.05) is 0 Å². The van der Waals surface area contributed by atoms with Crippen molar-refractivity contribution in [3.8, 4) is 0 Å². The van der Waals surface area contributed by atoms with Crippen LogP contribution in [0.25, 0.3) is 0 Å². The zero-order valence-electron chi connectivity index (χ0n) is 10.0. The maximum absolute atomic E-state index is 11.2. The molecule has 96 valence electrons. The average molecular weight is 266 g/mol. The molecule has 0 spiro atoms. The van der Waals surface area contributed by atoms with Crippen LogP contribution in [0.1, 0.15) is 21.1 Å². The Bertz CT molecular complexity index is 493. The van der Waals surface area contributed by atoms with Crippen molar-refractivity contribution >= 4 is 17.3 Å². The Kier molecular flexibility index (Phi) is 4.49. The number of rotatable bonds is 6. The molecular weight excluding hydrogens is 252 g/mol. The first-order valence-electron chi connectivity index (χ1n) is 5.54. The van der Waals surface area contributed by atoms with Crippen LogP contribution in [0, 0.1) is 0 Å². The number of carbonyl (C=O) groups excluding carboxylic acids is 1. The highest BCUT2D eigenvalue weighted by Gasteiger charge is 2.09. The lowest BCUT2D eigenvalue weighted by Crippen LogP contribution is -2.16. The number of esters is 1. The molecule has 2 aromatic heterocycles. The van der Waals surface area contributed by atoms with Crippen LogP contribution in [-0.2, 0) is 17.7 Å². The number of aromatic nitrogens is 1. The van der Waals surface area contributed by atoms with Crippen LogP contribution in [0.3, 0.4) is 0 Å². The topological polar surface area (TPSA) is 64.4 Å². The van der Waals surface area contributed by atoms with E-state index >= 15 is 0 Å². The molecule has 1 N–H and O–H groups in total. The normalized spacial score (nSPS) is 10.5. The van der Waals surface area contributed by atoms with Gasteiger partial charge in [-0.15, -0.1) is 11.3 Å². The summed E-state index contributed by atoms with van der Waals surface area (Å²) in [6.07, 6.45) is 4.10. The monoisotopic (exact) mass is 266 g/mol. The summed E-state index contributed by atoms with van der Waals surface area (Å²) < 4.78 is 9.85. The number of furan rings is 1. The molecule has 2 aromatic rings. The molecule has 0 unspecified atom stereocenters. The molecule has 0 aliphatic carbocycles. The maximum Gasteiger partial charge on any atom is 0.341 e. The van der Waals surface area contributed by atoms with Crippen molar-refractivity contribution in [3.05, 3.63) is 40.2 Å². The third-order valence-corrected chi connectivity index (χ3v) is 3.21. The molecule has 5 nitrogen and oxygen atoms in total. The molecule has 2 rings (SSSR count). The quantitative estimate of drug-likeness (QED) is 0.638. The van der Waals surface area contributed by atoms with Gasteiger partial charge >= 0.3 is 5.97 Å². The van der Waals surface area contributed by atoms with Gasteiger partial charge in [0.15, 0.2) is 0 Å². The molecule has 0 radical (unpaired) electrons. The smallest absolute Gasteiger partial charge is 0.341 e. The molecule has 0 aromatic carbocycles. The standard InChI is InChI=1S/C12H14N2O3S/c1-16-12(15)9-6-10(17-8-9)7-13-3-2-11-14-4-5-18-11/h4-6,8,13H,2-3,7H2,1H3. The number of hydrogen-bond acceptors (Lipinski definition) is 6. The maximum atomic E-state index is 11.2. The minimum absolute atomic E-state index is 0.382. The van der Waals surface area contributed by atoms with E-state index in [-0.39, 0.29) is 5.97 Å². The van der Waals surface area contributed by atoms with E-state index in [0.717, 1.165) is 23.7 Å². The fraction of sp³-hybridized carbons (Fsp3) is 0.333. The third kappa shape index (κ3) is 3.41. The number of ether oxygens (including phenoxy) is 1. The fourth-order valence-electron chi connectivity index (χ4n) is 1.48. The van der Waals surface area contributed by atoms with Crippen LogP contribution in [-0.4, -0.2) is 24.6 Å². The Labute approximate surface area is 109 Å². The van der Waals surface area contributed by atoms with Gasteiger partial charge in [-0.3, -0.25) is 0 Å². The highest BCUT2D eigenvalue weighted by Crippen LogP contribution is 2.09. The number of hydrogen-bond donors (Lipinski definition) is 1. The first-order valence-corrected chi connectivity index (χ1v) is 6.42. The second kappa shape index (κ2) is 6.32. The first-order chi connectivity index (χ1) is 8.79. The minimum atomic E-state index is -0.382. The van der Waals surface area contributed by atoms with Crippen LogP contribution in [0.4, 0.5) is 0 Å².